The number of anilines is 1. The fourth-order valence-electron chi connectivity index (χ4n) is 2.05. The molecule has 0 aliphatic rings. The fourth-order valence-corrected chi connectivity index (χ4v) is 2.26. The van der Waals surface area contributed by atoms with Crippen molar-refractivity contribution in [3.05, 3.63) is 75.8 Å². The van der Waals surface area contributed by atoms with E-state index in [1.54, 1.807) is 30.3 Å². The molecule has 0 aromatic heterocycles. The van der Waals surface area contributed by atoms with Gasteiger partial charge in [0.25, 0.3) is 5.69 Å². The minimum absolute atomic E-state index is 0.0601. The summed E-state index contributed by atoms with van der Waals surface area (Å²) in [4.78, 5) is 33.5. The van der Waals surface area contributed by atoms with Gasteiger partial charge in [-0.05, 0) is 42.9 Å². The second-order valence-electron chi connectivity index (χ2n) is 5.27. The SMILES string of the molecule is CC(=O)c1cccc(NC(=S)NC(=O)C=Cc2cccc([N+](=O)[O-])c2)c1. The number of nitro benzene ring substituents is 1. The third-order valence-corrected chi connectivity index (χ3v) is 3.48. The summed E-state index contributed by atoms with van der Waals surface area (Å²) in [5.41, 5.74) is 1.55. The Morgan fingerprint density at radius 3 is 2.58 bits per heavy atom. The largest absolute Gasteiger partial charge is 0.332 e. The summed E-state index contributed by atoms with van der Waals surface area (Å²) < 4.78 is 0. The lowest BCUT2D eigenvalue weighted by Gasteiger charge is -2.08. The molecule has 0 saturated carbocycles. The summed E-state index contributed by atoms with van der Waals surface area (Å²) in [7, 11) is 0. The van der Waals surface area contributed by atoms with Gasteiger partial charge < -0.3 is 5.32 Å². The van der Waals surface area contributed by atoms with Crippen molar-refractivity contribution in [3.8, 4) is 0 Å². The number of thiocarbonyl (C=S) groups is 1. The quantitative estimate of drug-likeness (QED) is 0.276. The van der Waals surface area contributed by atoms with Gasteiger partial charge in [0.15, 0.2) is 10.9 Å². The second-order valence-corrected chi connectivity index (χ2v) is 5.67. The number of nitrogens with one attached hydrogen (secondary N) is 2. The zero-order chi connectivity index (χ0) is 19.1. The molecule has 0 heterocycles. The Hall–Kier alpha value is -3.39. The van der Waals surface area contributed by atoms with Crippen LogP contribution in [0, 0.1) is 10.1 Å². The Bertz CT molecular complexity index is 909. The highest BCUT2D eigenvalue weighted by Gasteiger charge is 2.06. The lowest BCUT2D eigenvalue weighted by Crippen LogP contribution is -2.32. The molecule has 0 unspecified atom stereocenters. The van der Waals surface area contributed by atoms with E-state index in [1.807, 2.05) is 0 Å². The van der Waals surface area contributed by atoms with Crippen molar-refractivity contribution >= 4 is 46.5 Å². The van der Waals surface area contributed by atoms with Crippen LogP contribution in [0.4, 0.5) is 11.4 Å². The summed E-state index contributed by atoms with van der Waals surface area (Å²) in [6, 6.07) is 12.6. The first-order valence-electron chi connectivity index (χ1n) is 7.50. The number of nitro groups is 1. The molecule has 0 aliphatic heterocycles. The van der Waals surface area contributed by atoms with E-state index in [4.69, 9.17) is 12.2 Å². The van der Waals surface area contributed by atoms with Gasteiger partial charge in [0.2, 0.25) is 5.91 Å². The molecule has 0 aliphatic carbocycles. The topological polar surface area (TPSA) is 101 Å². The minimum Gasteiger partial charge on any atom is -0.332 e. The molecule has 2 N–H and O–H groups in total. The fraction of sp³-hybridized carbons (Fsp3) is 0.0556. The molecule has 132 valence electrons. The van der Waals surface area contributed by atoms with Crippen molar-refractivity contribution in [2.24, 2.45) is 0 Å². The molecule has 0 fully saturated rings. The third-order valence-electron chi connectivity index (χ3n) is 3.27. The predicted octanol–water partition coefficient (Wildman–Crippen LogP) is 3.32. The van der Waals surface area contributed by atoms with E-state index in [0.717, 1.165) is 0 Å². The van der Waals surface area contributed by atoms with Crippen molar-refractivity contribution in [1.82, 2.24) is 5.32 Å². The van der Waals surface area contributed by atoms with Crippen LogP contribution in [0.25, 0.3) is 6.08 Å². The van der Waals surface area contributed by atoms with Gasteiger partial charge in [-0.25, -0.2) is 0 Å². The molecule has 2 aromatic rings. The third kappa shape index (κ3) is 5.60. The Morgan fingerprint density at radius 2 is 1.88 bits per heavy atom. The number of hydrogen-bond donors (Lipinski definition) is 2. The predicted molar refractivity (Wildman–Crippen MR) is 103 cm³/mol. The summed E-state index contributed by atoms with van der Waals surface area (Å²) in [5.74, 6) is -0.569. The van der Waals surface area contributed by atoms with Crippen LogP contribution in [0.1, 0.15) is 22.8 Å². The maximum absolute atomic E-state index is 11.9. The van der Waals surface area contributed by atoms with Crippen LogP contribution in [0.3, 0.4) is 0 Å². The molecule has 2 aromatic carbocycles. The molecule has 0 spiro atoms. The number of hydrogen-bond acceptors (Lipinski definition) is 5. The van der Waals surface area contributed by atoms with Crippen LogP contribution in [-0.2, 0) is 4.79 Å². The number of Topliss-reactive ketones (excluding diaryl/α,β-unsaturated/α-hetero) is 1. The summed E-state index contributed by atoms with van der Waals surface area (Å²) >= 11 is 5.06. The standard InChI is InChI=1S/C18H15N3O4S/c1-12(22)14-5-3-6-15(11-14)19-18(26)20-17(23)9-8-13-4-2-7-16(10-13)21(24)25/h2-11H,1H3,(H2,19,20,23,26). The van der Waals surface area contributed by atoms with E-state index in [-0.39, 0.29) is 16.6 Å². The zero-order valence-electron chi connectivity index (χ0n) is 13.8. The maximum atomic E-state index is 11.9. The summed E-state index contributed by atoms with van der Waals surface area (Å²) in [5, 5.41) is 16.1. The van der Waals surface area contributed by atoms with Crippen LogP contribution in [0.15, 0.2) is 54.6 Å². The number of benzene rings is 2. The Kier molecular flexibility index (Phi) is 6.29. The van der Waals surface area contributed by atoms with E-state index < -0.39 is 10.8 Å². The molecule has 1 amide bonds. The highest BCUT2D eigenvalue weighted by molar-refractivity contribution is 7.80. The van der Waals surface area contributed by atoms with Crippen LogP contribution >= 0.6 is 12.2 Å². The van der Waals surface area contributed by atoms with E-state index in [2.05, 4.69) is 10.6 Å². The summed E-state index contributed by atoms with van der Waals surface area (Å²) in [6.07, 6.45) is 2.67. The summed E-state index contributed by atoms with van der Waals surface area (Å²) in [6.45, 7) is 1.46. The molecule has 0 saturated heterocycles. The molecule has 7 nitrogen and oxygen atoms in total. The van der Waals surface area contributed by atoms with Gasteiger partial charge >= 0.3 is 0 Å². The van der Waals surface area contributed by atoms with Crippen molar-refractivity contribution in [2.45, 2.75) is 6.92 Å². The molecule has 0 bridgehead atoms. The van der Waals surface area contributed by atoms with Gasteiger partial charge in [-0.1, -0.05) is 24.3 Å². The molecular weight excluding hydrogens is 354 g/mol. The van der Waals surface area contributed by atoms with Crippen molar-refractivity contribution in [1.29, 1.82) is 0 Å². The number of non-ortho nitro benzene ring substituents is 1. The first kappa shape index (κ1) is 18.9. The Morgan fingerprint density at radius 1 is 1.15 bits per heavy atom. The van der Waals surface area contributed by atoms with E-state index in [1.165, 1.54) is 37.3 Å². The monoisotopic (exact) mass is 369 g/mol. The van der Waals surface area contributed by atoms with E-state index in [0.29, 0.717) is 16.8 Å². The lowest BCUT2D eigenvalue weighted by molar-refractivity contribution is -0.384. The number of carbonyl (C=O) groups excluding carboxylic acids is 2. The maximum Gasteiger partial charge on any atom is 0.270 e. The number of nitrogens with zero attached hydrogens (tertiary/aromatic N) is 1. The zero-order valence-corrected chi connectivity index (χ0v) is 14.6. The van der Waals surface area contributed by atoms with Crippen LogP contribution < -0.4 is 10.6 Å². The highest BCUT2D eigenvalue weighted by Crippen LogP contribution is 2.14. The first-order chi connectivity index (χ1) is 12.3. The van der Waals surface area contributed by atoms with Gasteiger partial charge in [-0.15, -0.1) is 0 Å². The number of ketones is 1. The van der Waals surface area contributed by atoms with Crippen molar-refractivity contribution in [2.75, 3.05) is 5.32 Å². The smallest absolute Gasteiger partial charge is 0.270 e. The van der Waals surface area contributed by atoms with Gasteiger partial charge in [0.05, 0.1) is 4.92 Å². The molecule has 26 heavy (non-hydrogen) atoms. The van der Waals surface area contributed by atoms with Crippen LogP contribution in [0.5, 0.6) is 0 Å². The first-order valence-corrected chi connectivity index (χ1v) is 7.91. The molecule has 0 atom stereocenters. The lowest BCUT2D eigenvalue weighted by atomic mass is 10.1. The van der Waals surface area contributed by atoms with Gasteiger partial charge in [-0.3, -0.25) is 25.0 Å². The molecule has 8 heteroatoms. The highest BCUT2D eigenvalue weighted by atomic mass is 32.1. The van der Waals surface area contributed by atoms with Crippen LogP contribution in [-0.4, -0.2) is 21.7 Å². The van der Waals surface area contributed by atoms with Gasteiger partial charge in [-0.2, -0.15) is 0 Å². The molecule has 2 rings (SSSR count). The average Bonchev–Trinajstić information content (AvgIpc) is 2.60. The number of rotatable bonds is 5. The van der Waals surface area contributed by atoms with Gasteiger partial charge in [0, 0.05) is 29.5 Å². The number of amides is 1. The molecule has 0 radical (unpaired) electrons. The molecular formula is C18H15N3O4S. The van der Waals surface area contributed by atoms with Crippen molar-refractivity contribution in [3.63, 3.8) is 0 Å². The minimum atomic E-state index is -0.508. The average molecular weight is 369 g/mol. The second kappa shape index (κ2) is 8.63. The van der Waals surface area contributed by atoms with Crippen molar-refractivity contribution < 1.29 is 14.5 Å². The number of carbonyl (C=O) groups is 2. The normalized spacial score (nSPS) is 10.3. The Balaban J connectivity index is 1.96. The van der Waals surface area contributed by atoms with Gasteiger partial charge in [0.1, 0.15) is 0 Å². The van der Waals surface area contributed by atoms with E-state index >= 15 is 0 Å². The van der Waals surface area contributed by atoms with E-state index in [9.17, 15) is 19.7 Å². The van der Waals surface area contributed by atoms with Crippen LogP contribution in [0.2, 0.25) is 0 Å². The Labute approximate surface area is 154 Å².